The fourth-order valence-corrected chi connectivity index (χ4v) is 4.14. The molecule has 0 spiro atoms. The lowest BCUT2D eigenvalue weighted by molar-refractivity contribution is 0.311. The van der Waals surface area contributed by atoms with Crippen molar-refractivity contribution < 1.29 is 9.26 Å². The van der Waals surface area contributed by atoms with E-state index in [1.807, 2.05) is 30.5 Å². The molecular formula is C21H21N4O2+. The van der Waals surface area contributed by atoms with Gasteiger partial charge in [-0.25, -0.2) is 4.48 Å². The summed E-state index contributed by atoms with van der Waals surface area (Å²) in [6.07, 6.45) is 1.89. The third kappa shape index (κ3) is 2.49. The van der Waals surface area contributed by atoms with Gasteiger partial charge in [-0.2, -0.15) is 0 Å². The van der Waals surface area contributed by atoms with E-state index >= 15 is 0 Å². The monoisotopic (exact) mass is 361 g/mol. The van der Waals surface area contributed by atoms with Crippen LogP contribution in [0.3, 0.4) is 0 Å². The quantitative estimate of drug-likeness (QED) is 0.565. The van der Waals surface area contributed by atoms with E-state index in [4.69, 9.17) is 9.26 Å². The van der Waals surface area contributed by atoms with Crippen molar-refractivity contribution in [2.24, 2.45) is 0 Å². The van der Waals surface area contributed by atoms with E-state index in [0.717, 1.165) is 59.6 Å². The van der Waals surface area contributed by atoms with Crippen LogP contribution in [0, 0.1) is 0 Å². The zero-order valence-electron chi connectivity index (χ0n) is 15.2. The largest absolute Gasteiger partial charge is 0.497 e. The molecule has 2 aromatic heterocycles. The zero-order valence-corrected chi connectivity index (χ0v) is 15.2. The molecule has 1 aliphatic heterocycles. The Bertz CT molecular complexity index is 1110. The highest BCUT2D eigenvalue weighted by Gasteiger charge is 2.41. The number of aromatic nitrogens is 2. The highest BCUT2D eigenvalue weighted by Crippen LogP contribution is 2.42. The Morgan fingerprint density at radius 1 is 1.04 bits per heavy atom. The molecule has 27 heavy (non-hydrogen) atoms. The Balaban J connectivity index is 1.78. The van der Waals surface area contributed by atoms with Crippen molar-refractivity contribution in [2.45, 2.75) is 0 Å². The Morgan fingerprint density at radius 2 is 1.89 bits per heavy atom. The molecule has 5 rings (SSSR count). The van der Waals surface area contributed by atoms with E-state index in [9.17, 15) is 0 Å². The molecule has 6 heteroatoms. The second kappa shape index (κ2) is 6.33. The molecule has 1 saturated heterocycles. The maximum atomic E-state index is 5.72. The summed E-state index contributed by atoms with van der Waals surface area (Å²) in [5.74, 6) is 1.72. The van der Waals surface area contributed by atoms with Crippen LogP contribution in [-0.4, -0.2) is 43.4 Å². The van der Waals surface area contributed by atoms with E-state index in [1.165, 1.54) is 5.69 Å². The number of nitrogens with one attached hydrogen (secondary N) is 1. The molecule has 0 atom stereocenters. The van der Waals surface area contributed by atoms with Gasteiger partial charge < -0.3 is 14.6 Å². The summed E-state index contributed by atoms with van der Waals surface area (Å²) in [7, 11) is 1.66. The maximum absolute atomic E-state index is 5.72. The summed E-state index contributed by atoms with van der Waals surface area (Å²) in [6, 6.07) is 16.3. The van der Waals surface area contributed by atoms with Crippen LogP contribution in [0.25, 0.3) is 21.9 Å². The minimum atomic E-state index is 0.648. The van der Waals surface area contributed by atoms with Gasteiger partial charge in [0.05, 0.1) is 18.0 Å². The third-order valence-electron chi connectivity index (χ3n) is 5.49. The van der Waals surface area contributed by atoms with Crippen LogP contribution in [0.1, 0.15) is 0 Å². The number of fused-ring (bicyclic) bond motifs is 2. The van der Waals surface area contributed by atoms with E-state index in [0.29, 0.717) is 4.48 Å². The molecule has 0 radical (unpaired) electrons. The summed E-state index contributed by atoms with van der Waals surface area (Å²) in [5, 5.41) is 10.2. The molecule has 1 aliphatic rings. The molecule has 4 aromatic rings. The Kier molecular flexibility index (Phi) is 3.81. The van der Waals surface area contributed by atoms with Gasteiger partial charge in [-0.15, -0.1) is 0 Å². The first kappa shape index (κ1) is 16.2. The molecule has 0 bridgehead atoms. The first-order valence-electron chi connectivity index (χ1n) is 9.18. The van der Waals surface area contributed by atoms with E-state index in [-0.39, 0.29) is 0 Å². The van der Waals surface area contributed by atoms with Crippen molar-refractivity contribution in [3.63, 3.8) is 0 Å². The number of quaternary nitrogens is 1. The fraction of sp³-hybridized carbons (Fsp3) is 0.238. The van der Waals surface area contributed by atoms with Crippen LogP contribution >= 0.6 is 0 Å². The van der Waals surface area contributed by atoms with Crippen LogP contribution in [0.4, 0.5) is 11.5 Å². The van der Waals surface area contributed by atoms with Gasteiger partial charge in [0.1, 0.15) is 29.9 Å². The molecule has 0 unspecified atom stereocenters. The lowest BCUT2D eigenvalue weighted by Crippen LogP contribution is -2.56. The van der Waals surface area contributed by atoms with Crippen molar-refractivity contribution in [3.05, 3.63) is 54.7 Å². The summed E-state index contributed by atoms with van der Waals surface area (Å²) in [5.41, 5.74) is 2.97. The molecule has 0 aliphatic carbocycles. The molecule has 2 aromatic carbocycles. The van der Waals surface area contributed by atoms with Gasteiger partial charge in [-0.05, 0) is 29.4 Å². The van der Waals surface area contributed by atoms with Crippen LogP contribution in [-0.2, 0) is 0 Å². The number of methoxy groups -OCH3 is 1. The van der Waals surface area contributed by atoms with Crippen molar-refractivity contribution in [3.8, 4) is 5.75 Å². The summed E-state index contributed by atoms with van der Waals surface area (Å²) >= 11 is 0. The minimum absolute atomic E-state index is 0.648. The van der Waals surface area contributed by atoms with E-state index < -0.39 is 0 Å². The van der Waals surface area contributed by atoms with Crippen molar-refractivity contribution >= 4 is 33.4 Å². The fourth-order valence-electron chi connectivity index (χ4n) is 4.14. The lowest BCUT2D eigenvalue weighted by atomic mass is 10.1. The topological polar surface area (TPSA) is 60.2 Å². The summed E-state index contributed by atoms with van der Waals surface area (Å²) in [4.78, 5) is 4.55. The number of piperazine rings is 1. The van der Waals surface area contributed by atoms with Gasteiger partial charge in [0.15, 0.2) is 5.58 Å². The van der Waals surface area contributed by atoms with Crippen molar-refractivity contribution in [1.29, 1.82) is 0 Å². The van der Waals surface area contributed by atoms with Crippen LogP contribution in [0.15, 0.2) is 59.3 Å². The normalized spacial score (nSPS) is 16.6. The number of hydrogen-bond acceptors (Lipinski definition) is 5. The number of para-hydroxylation sites is 1. The van der Waals surface area contributed by atoms with Gasteiger partial charge >= 0.3 is 0 Å². The predicted octanol–water partition coefficient (Wildman–Crippen LogP) is 3.63. The smallest absolute Gasteiger partial charge is 0.279 e. The molecule has 6 nitrogen and oxygen atoms in total. The summed E-state index contributed by atoms with van der Waals surface area (Å²) < 4.78 is 11.7. The molecule has 3 heterocycles. The number of pyridine rings is 1. The minimum Gasteiger partial charge on any atom is -0.497 e. The van der Waals surface area contributed by atoms with Gasteiger partial charge in [-0.3, -0.25) is 4.98 Å². The Hall–Kier alpha value is -2.96. The average Bonchev–Trinajstić information content (AvgIpc) is 3.17. The number of hydrogen-bond donors (Lipinski definition) is 1. The van der Waals surface area contributed by atoms with Gasteiger partial charge in [0, 0.05) is 31.4 Å². The van der Waals surface area contributed by atoms with Crippen LogP contribution in [0.5, 0.6) is 5.75 Å². The number of ether oxygens (including phenoxy) is 1. The standard InChI is InChI=1S/C21H21N4O2/c1-26-15-6-7-17-20(14-15)27-24-21(17)25(12-10-22-11-13-25)19-8-9-23-18-5-3-2-4-16(18)19/h2-9,14,22H,10-13H2,1H3/q+1. The maximum Gasteiger partial charge on any atom is 0.279 e. The molecule has 1 fully saturated rings. The number of benzene rings is 2. The van der Waals surface area contributed by atoms with Gasteiger partial charge in [-0.1, -0.05) is 12.1 Å². The number of rotatable bonds is 3. The highest BCUT2D eigenvalue weighted by atomic mass is 16.5. The van der Waals surface area contributed by atoms with E-state index in [1.54, 1.807) is 7.11 Å². The molecule has 1 N–H and O–H groups in total. The van der Waals surface area contributed by atoms with Gasteiger partial charge in [0.2, 0.25) is 0 Å². The van der Waals surface area contributed by atoms with Crippen LogP contribution < -0.4 is 14.5 Å². The van der Waals surface area contributed by atoms with Crippen LogP contribution in [0.2, 0.25) is 0 Å². The van der Waals surface area contributed by atoms with Crippen molar-refractivity contribution in [2.75, 3.05) is 33.3 Å². The third-order valence-corrected chi connectivity index (χ3v) is 5.49. The van der Waals surface area contributed by atoms with Gasteiger partial charge in [0.25, 0.3) is 5.82 Å². The SMILES string of the molecule is COc1ccc2c([N+]3(c4ccnc5ccccc45)CCNCC3)noc2c1. The molecule has 0 saturated carbocycles. The lowest BCUT2D eigenvalue weighted by Gasteiger charge is -2.39. The van der Waals surface area contributed by atoms with Crippen molar-refractivity contribution in [1.82, 2.24) is 19.9 Å². The van der Waals surface area contributed by atoms with E-state index in [2.05, 4.69) is 39.7 Å². The molecule has 0 amide bonds. The predicted molar refractivity (Wildman–Crippen MR) is 106 cm³/mol. The first-order chi connectivity index (χ1) is 13.3. The average molecular weight is 361 g/mol. The Morgan fingerprint density at radius 3 is 2.74 bits per heavy atom. The first-order valence-corrected chi connectivity index (χ1v) is 9.18. The zero-order chi connectivity index (χ0) is 18.3. The number of nitrogens with zero attached hydrogens (tertiary/aromatic N) is 3. The second-order valence-corrected chi connectivity index (χ2v) is 6.88. The second-order valence-electron chi connectivity index (χ2n) is 6.88. The Labute approximate surface area is 156 Å². The summed E-state index contributed by atoms with van der Waals surface area (Å²) in [6.45, 7) is 3.64. The molecular weight excluding hydrogens is 340 g/mol. The molecule has 136 valence electrons. The highest BCUT2D eigenvalue weighted by molar-refractivity contribution is 5.96.